The fraction of sp³-hybridized carbons (Fsp3) is 0.368. The van der Waals surface area contributed by atoms with Crippen LogP contribution in [0.1, 0.15) is 52.7 Å². The Labute approximate surface area is 151 Å². The van der Waals surface area contributed by atoms with Crippen LogP contribution in [-0.4, -0.2) is 25.8 Å². The molecule has 0 unspecified atom stereocenters. The summed E-state index contributed by atoms with van der Waals surface area (Å²) in [6.45, 7) is 0.663. The second-order valence-electron chi connectivity index (χ2n) is 6.52. The number of fused-ring (bicyclic) bond motifs is 1. The van der Waals surface area contributed by atoms with Crippen LogP contribution in [0.3, 0.4) is 0 Å². The number of hydrogen-bond donors (Lipinski definition) is 1. The zero-order valence-corrected chi connectivity index (χ0v) is 14.5. The van der Waals surface area contributed by atoms with Gasteiger partial charge in [0.25, 0.3) is 5.91 Å². The number of hydrogen-bond acceptors (Lipinski definition) is 5. The minimum Gasteiger partial charge on any atom is -0.360 e. The van der Waals surface area contributed by atoms with Crippen molar-refractivity contribution in [2.45, 2.75) is 44.7 Å². The molecule has 2 heterocycles. The summed E-state index contributed by atoms with van der Waals surface area (Å²) < 4.78 is 7.15. The van der Waals surface area contributed by atoms with Crippen molar-refractivity contribution in [2.24, 2.45) is 0 Å². The molecule has 1 atom stereocenters. The smallest absolute Gasteiger partial charge is 0.274 e. The van der Waals surface area contributed by atoms with Crippen molar-refractivity contribution in [3.05, 3.63) is 65.6 Å². The summed E-state index contributed by atoms with van der Waals surface area (Å²) in [6.07, 6.45) is 7.78. The lowest BCUT2D eigenvalue weighted by molar-refractivity contribution is 0.0923. The highest BCUT2D eigenvalue weighted by molar-refractivity contribution is 5.94. The van der Waals surface area contributed by atoms with Crippen LogP contribution in [0, 0.1) is 0 Å². The molecule has 0 saturated carbocycles. The van der Waals surface area contributed by atoms with Gasteiger partial charge in [0.05, 0.1) is 6.04 Å². The van der Waals surface area contributed by atoms with E-state index in [2.05, 4.69) is 20.6 Å². The third-order valence-electron chi connectivity index (χ3n) is 4.79. The second-order valence-corrected chi connectivity index (χ2v) is 6.52. The summed E-state index contributed by atoms with van der Waals surface area (Å²) in [6, 6.07) is 9.82. The van der Waals surface area contributed by atoms with Crippen molar-refractivity contribution >= 4 is 5.91 Å². The highest BCUT2D eigenvalue weighted by Crippen LogP contribution is 2.25. The molecule has 2 aromatic heterocycles. The Bertz CT molecular complexity index is 857. The van der Waals surface area contributed by atoms with Crippen LogP contribution in [0.4, 0.5) is 0 Å². The molecule has 1 aliphatic rings. The average molecular weight is 351 g/mol. The summed E-state index contributed by atoms with van der Waals surface area (Å²) in [4.78, 5) is 16.8. The van der Waals surface area contributed by atoms with Crippen molar-refractivity contribution in [1.29, 1.82) is 0 Å². The van der Waals surface area contributed by atoms with Crippen LogP contribution in [0.2, 0.25) is 0 Å². The molecule has 0 fully saturated rings. The Balaban J connectivity index is 1.52. The lowest BCUT2D eigenvalue weighted by Gasteiger charge is -2.19. The van der Waals surface area contributed by atoms with Crippen LogP contribution in [0.25, 0.3) is 0 Å². The molecule has 0 saturated heterocycles. The fourth-order valence-corrected chi connectivity index (χ4v) is 3.41. The molecule has 1 aliphatic carbocycles. The van der Waals surface area contributed by atoms with Crippen molar-refractivity contribution in [3.63, 3.8) is 0 Å². The summed E-state index contributed by atoms with van der Waals surface area (Å²) in [5.41, 5.74) is 2.46. The number of aromatic nitrogens is 4. The molecule has 7 heteroatoms. The predicted octanol–water partition coefficient (Wildman–Crippen LogP) is 2.71. The number of amides is 1. The molecule has 0 bridgehead atoms. The third kappa shape index (κ3) is 3.51. The largest absolute Gasteiger partial charge is 0.360 e. The van der Waals surface area contributed by atoms with Gasteiger partial charge in [-0.1, -0.05) is 35.5 Å². The Morgan fingerprint density at radius 2 is 2.08 bits per heavy atom. The average Bonchev–Trinajstić information content (AvgIpc) is 3.35. The first-order chi connectivity index (χ1) is 12.8. The summed E-state index contributed by atoms with van der Waals surface area (Å²) in [5, 5.41) is 11.3. The molecule has 7 nitrogen and oxygen atoms in total. The number of rotatable bonds is 6. The van der Waals surface area contributed by atoms with Gasteiger partial charge in [0, 0.05) is 18.5 Å². The maximum atomic E-state index is 12.9. The van der Waals surface area contributed by atoms with Crippen LogP contribution in [0.5, 0.6) is 0 Å². The Kier molecular flexibility index (Phi) is 4.77. The van der Waals surface area contributed by atoms with Gasteiger partial charge in [-0.05, 0) is 31.2 Å². The standard InChI is InChI=1S/C19H21N5O2/c25-19(18-15-8-4-5-9-17(15)26-23-18)22-16(14-6-2-1-3-7-14)10-11-24-13-20-12-21-24/h1-3,6-7,12-13,16H,4-5,8-11H2,(H,22,25)/t16-/m0/s1. The SMILES string of the molecule is O=C(N[C@@H](CCn1cncn1)c1ccccc1)c1noc2c1CCCC2. The fourth-order valence-electron chi connectivity index (χ4n) is 3.41. The quantitative estimate of drug-likeness (QED) is 0.738. The van der Waals surface area contributed by atoms with Gasteiger partial charge in [-0.2, -0.15) is 5.10 Å². The van der Waals surface area contributed by atoms with Gasteiger partial charge in [0.2, 0.25) is 0 Å². The van der Waals surface area contributed by atoms with Crippen LogP contribution < -0.4 is 5.32 Å². The van der Waals surface area contributed by atoms with Gasteiger partial charge in [-0.15, -0.1) is 0 Å². The van der Waals surface area contributed by atoms with Crippen LogP contribution in [-0.2, 0) is 19.4 Å². The first kappa shape index (κ1) is 16.5. The molecule has 0 spiro atoms. The predicted molar refractivity (Wildman–Crippen MR) is 94.4 cm³/mol. The van der Waals surface area contributed by atoms with Gasteiger partial charge in [-0.25, -0.2) is 4.98 Å². The molecule has 3 aromatic rings. The number of carbonyl (C=O) groups excluding carboxylic acids is 1. The monoisotopic (exact) mass is 351 g/mol. The normalized spacial score (nSPS) is 14.6. The van der Waals surface area contributed by atoms with Crippen molar-refractivity contribution in [1.82, 2.24) is 25.2 Å². The Hall–Kier alpha value is -2.96. The molecule has 134 valence electrons. The summed E-state index contributed by atoms with van der Waals surface area (Å²) in [5.74, 6) is 0.685. The zero-order chi connectivity index (χ0) is 17.8. The molecule has 1 aromatic carbocycles. The van der Waals surface area contributed by atoms with Crippen molar-refractivity contribution < 1.29 is 9.32 Å². The van der Waals surface area contributed by atoms with Crippen LogP contribution in [0.15, 0.2) is 47.5 Å². The summed E-state index contributed by atoms with van der Waals surface area (Å²) in [7, 11) is 0. The molecule has 26 heavy (non-hydrogen) atoms. The second kappa shape index (κ2) is 7.51. The number of benzene rings is 1. The van der Waals surface area contributed by atoms with E-state index < -0.39 is 0 Å². The Morgan fingerprint density at radius 1 is 1.23 bits per heavy atom. The van der Waals surface area contributed by atoms with E-state index in [1.807, 2.05) is 30.3 Å². The van der Waals surface area contributed by atoms with Crippen LogP contribution >= 0.6 is 0 Å². The maximum Gasteiger partial charge on any atom is 0.274 e. The molecule has 4 rings (SSSR count). The van der Waals surface area contributed by atoms with Gasteiger partial charge in [0.15, 0.2) is 5.69 Å². The Morgan fingerprint density at radius 3 is 2.88 bits per heavy atom. The highest BCUT2D eigenvalue weighted by atomic mass is 16.5. The number of nitrogens with one attached hydrogen (secondary N) is 1. The molecule has 1 N–H and O–H groups in total. The number of aryl methyl sites for hydroxylation is 2. The molecule has 0 radical (unpaired) electrons. The van der Waals surface area contributed by atoms with E-state index in [1.54, 1.807) is 11.0 Å². The molecule has 0 aliphatic heterocycles. The minimum atomic E-state index is -0.177. The molecular weight excluding hydrogens is 330 g/mol. The van der Waals surface area contributed by atoms with Gasteiger partial charge in [0.1, 0.15) is 18.4 Å². The van der Waals surface area contributed by atoms with Gasteiger partial charge < -0.3 is 9.84 Å². The topological polar surface area (TPSA) is 85.8 Å². The van der Waals surface area contributed by atoms with E-state index in [9.17, 15) is 4.79 Å². The third-order valence-corrected chi connectivity index (χ3v) is 4.79. The van der Waals surface area contributed by atoms with E-state index in [0.717, 1.165) is 42.6 Å². The lowest BCUT2D eigenvalue weighted by atomic mass is 9.96. The maximum absolute atomic E-state index is 12.9. The van der Waals surface area contributed by atoms with Crippen molar-refractivity contribution in [2.75, 3.05) is 0 Å². The highest BCUT2D eigenvalue weighted by Gasteiger charge is 2.25. The minimum absolute atomic E-state index is 0.135. The van der Waals surface area contributed by atoms with Gasteiger partial charge in [-0.3, -0.25) is 9.48 Å². The number of nitrogens with zero attached hydrogens (tertiary/aromatic N) is 4. The van der Waals surface area contributed by atoms with E-state index in [4.69, 9.17) is 4.52 Å². The molecular formula is C19H21N5O2. The lowest BCUT2D eigenvalue weighted by Crippen LogP contribution is -2.30. The van der Waals surface area contributed by atoms with Crippen molar-refractivity contribution in [3.8, 4) is 0 Å². The van der Waals surface area contributed by atoms with Gasteiger partial charge >= 0.3 is 0 Å². The summed E-state index contributed by atoms with van der Waals surface area (Å²) >= 11 is 0. The van der Waals surface area contributed by atoms with E-state index in [-0.39, 0.29) is 11.9 Å². The molecule has 1 amide bonds. The zero-order valence-electron chi connectivity index (χ0n) is 14.5. The van der Waals surface area contributed by atoms with E-state index in [1.165, 1.54) is 6.33 Å². The number of carbonyl (C=O) groups is 1. The van der Waals surface area contributed by atoms with E-state index in [0.29, 0.717) is 18.7 Å². The first-order valence-electron chi connectivity index (χ1n) is 8.97. The van der Waals surface area contributed by atoms with E-state index >= 15 is 0 Å². The first-order valence-corrected chi connectivity index (χ1v) is 8.97.